The molecule has 0 aromatic heterocycles. The van der Waals surface area contributed by atoms with Gasteiger partial charge in [-0.2, -0.15) is 0 Å². The highest BCUT2D eigenvalue weighted by molar-refractivity contribution is 9.10. The Labute approximate surface area is 126 Å². The first kappa shape index (κ1) is 15.3. The molecular formula is C13H16BrNO4S. The number of carboxylic acids is 1. The summed E-state index contributed by atoms with van der Waals surface area (Å²) < 4.78 is 24.5. The number of anilines is 1. The molecule has 1 aliphatic heterocycles. The highest BCUT2D eigenvalue weighted by Gasteiger charge is 2.28. The van der Waals surface area contributed by atoms with Gasteiger partial charge in [0.15, 0.2) is 9.84 Å². The minimum Gasteiger partial charge on any atom is -0.481 e. The number of rotatable bonds is 3. The van der Waals surface area contributed by atoms with Crippen LogP contribution < -0.4 is 4.90 Å². The summed E-state index contributed by atoms with van der Waals surface area (Å²) in [5.41, 5.74) is 0.638. The lowest BCUT2D eigenvalue weighted by Crippen LogP contribution is -2.37. The van der Waals surface area contributed by atoms with Crippen LogP contribution in [0.15, 0.2) is 27.6 Å². The van der Waals surface area contributed by atoms with Gasteiger partial charge in [-0.15, -0.1) is 0 Å². The average Bonchev–Trinajstić information content (AvgIpc) is 2.37. The molecule has 1 N–H and O–H groups in total. The van der Waals surface area contributed by atoms with Crippen molar-refractivity contribution >= 4 is 37.4 Å². The Bertz CT molecular complexity index is 621. The molecule has 5 nitrogen and oxygen atoms in total. The number of piperidine rings is 1. The smallest absolute Gasteiger partial charge is 0.306 e. The molecule has 0 bridgehead atoms. The van der Waals surface area contributed by atoms with Gasteiger partial charge >= 0.3 is 5.97 Å². The third-order valence-corrected chi connectivity index (χ3v) is 5.28. The second-order valence-electron chi connectivity index (χ2n) is 4.96. The maximum absolute atomic E-state index is 11.9. The first-order chi connectivity index (χ1) is 9.30. The number of benzene rings is 1. The molecule has 2 rings (SSSR count). The summed E-state index contributed by atoms with van der Waals surface area (Å²) in [5, 5.41) is 9.01. The van der Waals surface area contributed by atoms with Gasteiger partial charge in [0, 0.05) is 23.8 Å². The van der Waals surface area contributed by atoms with Crippen molar-refractivity contribution in [2.45, 2.75) is 17.7 Å². The van der Waals surface area contributed by atoms with Gasteiger partial charge in [-0.1, -0.05) is 6.07 Å². The highest BCUT2D eigenvalue weighted by atomic mass is 79.9. The molecule has 0 radical (unpaired) electrons. The standard InChI is InChI=1S/C13H16BrNO4S/c1-20(18,19)11-4-2-3-10(14)12(11)15-7-5-9(6-8-15)13(16)17/h2-4,9H,5-8H2,1H3,(H,16,17). The SMILES string of the molecule is CS(=O)(=O)c1cccc(Br)c1N1CCC(C(=O)O)CC1. The average molecular weight is 362 g/mol. The van der Waals surface area contributed by atoms with Crippen molar-refractivity contribution in [2.75, 3.05) is 24.2 Å². The van der Waals surface area contributed by atoms with Crippen molar-refractivity contribution in [3.05, 3.63) is 22.7 Å². The van der Waals surface area contributed by atoms with Gasteiger partial charge in [0.05, 0.1) is 16.5 Å². The van der Waals surface area contributed by atoms with E-state index in [0.717, 1.165) is 0 Å². The Balaban J connectivity index is 2.33. The lowest BCUT2D eigenvalue weighted by Gasteiger charge is -2.33. The molecule has 0 atom stereocenters. The van der Waals surface area contributed by atoms with Gasteiger partial charge in [0.25, 0.3) is 0 Å². The first-order valence-electron chi connectivity index (χ1n) is 6.27. The van der Waals surface area contributed by atoms with E-state index in [1.807, 2.05) is 4.90 Å². The summed E-state index contributed by atoms with van der Waals surface area (Å²) in [4.78, 5) is 13.2. The van der Waals surface area contributed by atoms with E-state index in [9.17, 15) is 13.2 Å². The van der Waals surface area contributed by atoms with Gasteiger partial charge in [0.1, 0.15) is 0 Å². The van der Waals surface area contributed by atoms with Crippen LogP contribution in [-0.4, -0.2) is 38.8 Å². The molecule has 0 aliphatic carbocycles. The van der Waals surface area contributed by atoms with E-state index in [1.54, 1.807) is 18.2 Å². The molecular weight excluding hydrogens is 346 g/mol. The van der Waals surface area contributed by atoms with Crippen LogP contribution in [0.2, 0.25) is 0 Å². The molecule has 1 aromatic carbocycles. The van der Waals surface area contributed by atoms with Gasteiger partial charge in [-0.25, -0.2) is 8.42 Å². The number of nitrogens with zero attached hydrogens (tertiary/aromatic N) is 1. The minimum atomic E-state index is -3.32. The Morgan fingerprint density at radius 3 is 2.45 bits per heavy atom. The monoisotopic (exact) mass is 361 g/mol. The molecule has 0 unspecified atom stereocenters. The highest BCUT2D eigenvalue weighted by Crippen LogP contribution is 2.35. The Morgan fingerprint density at radius 2 is 1.95 bits per heavy atom. The first-order valence-corrected chi connectivity index (χ1v) is 8.95. The van der Waals surface area contributed by atoms with E-state index in [1.165, 1.54) is 6.26 Å². The van der Waals surface area contributed by atoms with Gasteiger partial charge in [-0.05, 0) is 40.9 Å². The molecule has 1 heterocycles. The normalized spacial score (nSPS) is 17.2. The third-order valence-electron chi connectivity index (χ3n) is 3.51. The van der Waals surface area contributed by atoms with E-state index in [-0.39, 0.29) is 10.8 Å². The van der Waals surface area contributed by atoms with Crippen LogP contribution >= 0.6 is 15.9 Å². The number of hydrogen-bond donors (Lipinski definition) is 1. The molecule has 0 spiro atoms. The molecule has 0 amide bonds. The zero-order chi connectivity index (χ0) is 14.9. The number of carboxylic acid groups (broad SMARTS) is 1. The molecule has 1 aromatic rings. The number of aliphatic carboxylic acids is 1. The predicted molar refractivity (Wildman–Crippen MR) is 79.8 cm³/mol. The minimum absolute atomic E-state index is 0.278. The van der Waals surface area contributed by atoms with Crippen LogP contribution in [-0.2, 0) is 14.6 Å². The largest absolute Gasteiger partial charge is 0.481 e. The van der Waals surface area contributed by atoms with Crippen LogP contribution in [0.25, 0.3) is 0 Å². The van der Waals surface area contributed by atoms with E-state index >= 15 is 0 Å². The third kappa shape index (κ3) is 3.15. The Kier molecular flexibility index (Phi) is 4.39. The summed E-state index contributed by atoms with van der Waals surface area (Å²) >= 11 is 3.40. The second kappa shape index (κ2) is 5.73. The van der Waals surface area contributed by atoms with Crippen LogP contribution in [0.3, 0.4) is 0 Å². The Morgan fingerprint density at radius 1 is 1.35 bits per heavy atom. The molecule has 0 saturated carbocycles. The van der Waals surface area contributed by atoms with E-state index in [4.69, 9.17) is 5.11 Å². The number of sulfone groups is 1. The molecule has 1 saturated heterocycles. The summed E-state index contributed by atoms with van der Waals surface area (Å²) in [5.74, 6) is -1.12. The van der Waals surface area contributed by atoms with Gasteiger partial charge in [-0.3, -0.25) is 4.79 Å². The lowest BCUT2D eigenvalue weighted by molar-refractivity contribution is -0.142. The van der Waals surface area contributed by atoms with Crippen molar-refractivity contribution in [3.63, 3.8) is 0 Å². The summed E-state index contributed by atoms with van der Waals surface area (Å²) in [6.07, 6.45) is 2.24. The molecule has 110 valence electrons. The van der Waals surface area contributed by atoms with Crippen LogP contribution in [0.5, 0.6) is 0 Å². The summed E-state index contributed by atoms with van der Waals surface area (Å²) in [6.45, 7) is 1.09. The fourth-order valence-electron chi connectivity index (χ4n) is 2.45. The number of para-hydroxylation sites is 1. The quantitative estimate of drug-likeness (QED) is 0.892. The Hall–Kier alpha value is -1.08. The molecule has 1 aliphatic rings. The van der Waals surface area contributed by atoms with Crippen LogP contribution in [0.1, 0.15) is 12.8 Å². The molecule has 20 heavy (non-hydrogen) atoms. The van der Waals surface area contributed by atoms with Crippen molar-refractivity contribution in [2.24, 2.45) is 5.92 Å². The van der Waals surface area contributed by atoms with Crippen molar-refractivity contribution in [3.8, 4) is 0 Å². The van der Waals surface area contributed by atoms with Gasteiger partial charge in [0.2, 0.25) is 0 Å². The topological polar surface area (TPSA) is 74.7 Å². The lowest BCUT2D eigenvalue weighted by atomic mass is 9.97. The van der Waals surface area contributed by atoms with Crippen molar-refractivity contribution in [1.29, 1.82) is 0 Å². The fourth-order valence-corrected chi connectivity index (χ4v) is 4.12. The van der Waals surface area contributed by atoms with Gasteiger partial charge < -0.3 is 10.0 Å². The van der Waals surface area contributed by atoms with Crippen molar-refractivity contribution < 1.29 is 18.3 Å². The maximum Gasteiger partial charge on any atom is 0.306 e. The summed E-state index contributed by atoms with van der Waals surface area (Å²) in [6, 6.07) is 5.07. The number of halogens is 1. The zero-order valence-corrected chi connectivity index (χ0v) is 13.4. The van der Waals surface area contributed by atoms with E-state index in [0.29, 0.717) is 36.1 Å². The maximum atomic E-state index is 11.9. The molecule has 7 heteroatoms. The van der Waals surface area contributed by atoms with E-state index in [2.05, 4.69) is 15.9 Å². The fraction of sp³-hybridized carbons (Fsp3) is 0.462. The molecule has 1 fully saturated rings. The zero-order valence-electron chi connectivity index (χ0n) is 11.0. The van der Waals surface area contributed by atoms with Crippen LogP contribution in [0.4, 0.5) is 5.69 Å². The van der Waals surface area contributed by atoms with Crippen LogP contribution in [0, 0.1) is 5.92 Å². The van der Waals surface area contributed by atoms with E-state index < -0.39 is 15.8 Å². The number of hydrogen-bond acceptors (Lipinski definition) is 4. The number of carbonyl (C=O) groups is 1. The van der Waals surface area contributed by atoms with Crippen molar-refractivity contribution in [1.82, 2.24) is 0 Å². The second-order valence-corrected chi connectivity index (χ2v) is 7.80. The predicted octanol–water partition coefficient (Wildman–Crippen LogP) is 2.15. The summed E-state index contributed by atoms with van der Waals surface area (Å²) in [7, 11) is -3.32.